The lowest BCUT2D eigenvalue weighted by Crippen LogP contribution is -2.25. The molecule has 0 amide bonds. The van der Waals surface area contributed by atoms with Crippen molar-refractivity contribution in [3.05, 3.63) is 30.6 Å². The van der Waals surface area contributed by atoms with Crippen molar-refractivity contribution in [2.24, 2.45) is 0 Å². The highest BCUT2D eigenvalue weighted by atomic mass is 16.4. The molecular weight excluding hydrogens is 192 g/mol. The molecule has 1 aromatic heterocycles. The van der Waals surface area contributed by atoms with Crippen molar-refractivity contribution in [1.82, 2.24) is 9.55 Å². The van der Waals surface area contributed by atoms with Gasteiger partial charge in [0, 0.05) is 18.4 Å². The van der Waals surface area contributed by atoms with E-state index in [0.717, 1.165) is 11.0 Å². The molecule has 0 fully saturated rings. The summed E-state index contributed by atoms with van der Waals surface area (Å²) in [6.07, 6.45) is 1.67. The summed E-state index contributed by atoms with van der Waals surface area (Å²) < 4.78 is 1.85. The second kappa shape index (κ2) is 3.73. The number of benzene rings is 1. The molecule has 0 aliphatic heterocycles. The maximum absolute atomic E-state index is 10.5. The molecule has 0 spiro atoms. The van der Waals surface area contributed by atoms with Gasteiger partial charge in [0.25, 0.3) is 0 Å². The average molecular weight is 203 g/mol. The summed E-state index contributed by atoms with van der Waals surface area (Å²) in [7, 11) is 0. The molecule has 1 heterocycles. The molecule has 0 aliphatic carbocycles. The lowest BCUT2D eigenvalue weighted by molar-refractivity contribution is -0.306. The van der Waals surface area contributed by atoms with E-state index in [0.29, 0.717) is 0 Å². The van der Waals surface area contributed by atoms with Gasteiger partial charge in [-0.15, -0.1) is 0 Å². The number of nitrogens with zero attached hydrogens (tertiary/aromatic N) is 2. The van der Waals surface area contributed by atoms with Gasteiger partial charge in [-0.3, -0.25) is 0 Å². The Balaban J connectivity index is 2.39. The van der Waals surface area contributed by atoms with Crippen molar-refractivity contribution in [2.75, 3.05) is 0 Å². The van der Waals surface area contributed by atoms with Crippen LogP contribution in [0.4, 0.5) is 0 Å². The van der Waals surface area contributed by atoms with Crippen molar-refractivity contribution < 1.29 is 9.90 Å². The van der Waals surface area contributed by atoms with Gasteiger partial charge in [0.1, 0.15) is 0 Å². The number of aliphatic carboxylic acids is 1. The molecule has 0 unspecified atom stereocenters. The zero-order valence-corrected chi connectivity index (χ0v) is 8.38. The van der Waals surface area contributed by atoms with Crippen molar-refractivity contribution in [2.45, 2.75) is 19.4 Å². The van der Waals surface area contributed by atoms with E-state index in [1.165, 1.54) is 0 Å². The van der Waals surface area contributed by atoms with Gasteiger partial charge in [-0.25, -0.2) is 4.98 Å². The Kier molecular flexibility index (Phi) is 2.41. The van der Waals surface area contributed by atoms with E-state index < -0.39 is 5.97 Å². The van der Waals surface area contributed by atoms with E-state index in [2.05, 4.69) is 4.98 Å². The first-order valence-corrected chi connectivity index (χ1v) is 4.80. The molecule has 1 atom stereocenters. The van der Waals surface area contributed by atoms with Crippen LogP contribution in [0.25, 0.3) is 11.0 Å². The molecular formula is C11H11N2O2-. The van der Waals surface area contributed by atoms with Crippen LogP contribution in [0.3, 0.4) is 0 Å². The van der Waals surface area contributed by atoms with Crippen LogP contribution < -0.4 is 5.11 Å². The minimum absolute atomic E-state index is 0.000351. The third-order valence-corrected chi connectivity index (χ3v) is 2.42. The predicted molar refractivity (Wildman–Crippen MR) is 54.1 cm³/mol. The summed E-state index contributed by atoms with van der Waals surface area (Å²) in [5.41, 5.74) is 1.83. The molecule has 0 saturated carbocycles. The largest absolute Gasteiger partial charge is 0.550 e. The molecule has 2 aromatic rings. The van der Waals surface area contributed by atoms with Crippen molar-refractivity contribution in [3.63, 3.8) is 0 Å². The molecule has 0 saturated heterocycles. The van der Waals surface area contributed by atoms with Crippen molar-refractivity contribution in [1.29, 1.82) is 0 Å². The maximum atomic E-state index is 10.5. The van der Waals surface area contributed by atoms with Gasteiger partial charge in [-0.1, -0.05) is 12.1 Å². The first-order chi connectivity index (χ1) is 7.18. The Morgan fingerprint density at radius 2 is 2.27 bits per heavy atom. The van der Waals surface area contributed by atoms with Crippen LogP contribution in [0.15, 0.2) is 30.6 Å². The van der Waals surface area contributed by atoms with E-state index in [1.54, 1.807) is 6.33 Å². The number of aromatic nitrogens is 2. The van der Waals surface area contributed by atoms with Gasteiger partial charge in [-0.05, 0) is 19.1 Å². The first-order valence-electron chi connectivity index (χ1n) is 4.80. The monoisotopic (exact) mass is 203 g/mol. The molecule has 4 nitrogen and oxygen atoms in total. The normalized spacial score (nSPS) is 12.9. The van der Waals surface area contributed by atoms with Gasteiger partial charge in [0.2, 0.25) is 0 Å². The number of hydrogen-bond donors (Lipinski definition) is 0. The van der Waals surface area contributed by atoms with Gasteiger partial charge in [0.15, 0.2) is 0 Å². The van der Waals surface area contributed by atoms with E-state index in [9.17, 15) is 9.90 Å². The van der Waals surface area contributed by atoms with Gasteiger partial charge < -0.3 is 14.5 Å². The number of carbonyl (C=O) groups excluding carboxylic acids is 1. The van der Waals surface area contributed by atoms with E-state index in [-0.39, 0.29) is 12.5 Å². The highest BCUT2D eigenvalue weighted by molar-refractivity contribution is 5.75. The molecule has 0 aliphatic rings. The van der Waals surface area contributed by atoms with Crippen LogP contribution in [0.5, 0.6) is 0 Å². The number of carboxylic acid groups (broad SMARTS) is 1. The highest BCUT2D eigenvalue weighted by Gasteiger charge is 2.08. The fourth-order valence-corrected chi connectivity index (χ4v) is 1.67. The molecule has 4 heteroatoms. The molecule has 0 N–H and O–H groups in total. The Morgan fingerprint density at radius 1 is 1.53 bits per heavy atom. The number of imidazole rings is 1. The van der Waals surface area contributed by atoms with Crippen LogP contribution in [0.1, 0.15) is 19.4 Å². The average Bonchev–Trinajstić information content (AvgIpc) is 2.59. The Bertz CT molecular complexity index is 490. The van der Waals surface area contributed by atoms with Crippen LogP contribution >= 0.6 is 0 Å². The van der Waals surface area contributed by atoms with Gasteiger partial charge >= 0.3 is 0 Å². The number of hydrogen-bond acceptors (Lipinski definition) is 3. The van der Waals surface area contributed by atoms with Gasteiger partial charge in [0.05, 0.1) is 17.4 Å². The Labute approximate surface area is 87.2 Å². The standard InChI is InChI=1S/C11H12N2O2/c1-8(6-11(14)15)13-7-12-9-4-2-3-5-10(9)13/h2-5,7-8H,6H2,1H3,(H,14,15)/p-1/t8-/m1/s1. The fraction of sp³-hybridized carbons (Fsp3) is 0.273. The molecule has 0 radical (unpaired) electrons. The minimum atomic E-state index is -1.04. The summed E-state index contributed by atoms with van der Waals surface area (Å²) >= 11 is 0. The van der Waals surface area contributed by atoms with Gasteiger partial charge in [-0.2, -0.15) is 0 Å². The Hall–Kier alpha value is -1.84. The smallest absolute Gasteiger partial charge is 0.0960 e. The zero-order valence-electron chi connectivity index (χ0n) is 8.38. The zero-order chi connectivity index (χ0) is 10.8. The van der Waals surface area contributed by atoms with Crippen LogP contribution in [0, 0.1) is 0 Å². The third kappa shape index (κ3) is 1.83. The second-order valence-corrected chi connectivity index (χ2v) is 3.57. The number of carboxylic acids is 1. The predicted octanol–water partition coefficient (Wildman–Crippen LogP) is 0.737. The maximum Gasteiger partial charge on any atom is 0.0960 e. The SMILES string of the molecule is C[C@H](CC(=O)[O-])n1cnc2ccccc21. The van der Waals surface area contributed by atoms with E-state index in [4.69, 9.17) is 0 Å². The van der Waals surface area contributed by atoms with Crippen molar-refractivity contribution in [3.8, 4) is 0 Å². The topological polar surface area (TPSA) is 57.9 Å². The molecule has 78 valence electrons. The first kappa shape index (κ1) is 9.71. The summed E-state index contributed by atoms with van der Waals surface area (Å²) in [5, 5.41) is 10.5. The number of rotatable bonds is 3. The summed E-state index contributed by atoms with van der Waals surface area (Å²) in [4.78, 5) is 14.7. The number of para-hydroxylation sites is 2. The summed E-state index contributed by atoms with van der Waals surface area (Å²) in [6, 6.07) is 7.50. The lowest BCUT2D eigenvalue weighted by atomic mass is 10.2. The van der Waals surface area contributed by atoms with E-state index >= 15 is 0 Å². The molecule has 0 bridgehead atoms. The summed E-state index contributed by atoms with van der Waals surface area (Å²) in [5.74, 6) is -1.04. The van der Waals surface area contributed by atoms with E-state index in [1.807, 2.05) is 35.8 Å². The number of fused-ring (bicyclic) bond motifs is 1. The van der Waals surface area contributed by atoms with Crippen LogP contribution in [-0.4, -0.2) is 15.5 Å². The van der Waals surface area contributed by atoms with Crippen molar-refractivity contribution >= 4 is 17.0 Å². The number of carbonyl (C=O) groups is 1. The second-order valence-electron chi connectivity index (χ2n) is 3.57. The summed E-state index contributed by atoms with van der Waals surface area (Å²) in [6.45, 7) is 1.84. The molecule has 1 aromatic carbocycles. The highest BCUT2D eigenvalue weighted by Crippen LogP contribution is 2.18. The quantitative estimate of drug-likeness (QED) is 0.739. The fourth-order valence-electron chi connectivity index (χ4n) is 1.67. The minimum Gasteiger partial charge on any atom is -0.550 e. The lowest BCUT2D eigenvalue weighted by Gasteiger charge is -2.14. The third-order valence-electron chi connectivity index (χ3n) is 2.42. The van der Waals surface area contributed by atoms with Crippen LogP contribution in [0.2, 0.25) is 0 Å². The molecule has 15 heavy (non-hydrogen) atoms. The Morgan fingerprint density at radius 3 is 3.00 bits per heavy atom. The van der Waals surface area contributed by atoms with Crippen LogP contribution in [-0.2, 0) is 4.79 Å². The molecule has 2 rings (SSSR count).